The van der Waals surface area contributed by atoms with Gasteiger partial charge in [-0.2, -0.15) is 0 Å². The van der Waals surface area contributed by atoms with Gasteiger partial charge in [0.25, 0.3) is 10.0 Å². The zero-order valence-corrected chi connectivity index (χ0v) is 18.4. The van der Waals surface area contributed by atoms with Crippen LogP contribution in [-0.4, -0.2) is 54.1 Å². The number of likely N-dealkylation sites (tertiary alicyclic amines) is 1. The number of nitrogens with one attached hydrogen (secondary N) is 1. The number of anilines is 2. The zero-order chi connectivity index (χ0) is 22.4. The van der Waals surface area contributed by atoms with E-state index < -0.39 is 27.8 Å². The number of rotatable bonds is 4. The second kappa shape index (κ2) is 7.45. The Morgan fingerprint density at radius 2 is 1.90 bits per heavy atom. The van der Waals surface area contributed by atoms with Crippen LogP contribution in [0.4, 0.5) is 16.2 Å². The van der Waals surface area contributed by atoms with Crippen molar-refractivity contribution in [2.24, 2.45) is 0 Å². The zero-order valence-electron chi connectivity index (χ0n) is 17.6. The summed E-state index contributed by atoms with van der Waals surface area (Å²) in [5, 5.41) is 0.593. The maximum atomic E-state index is 13.7. The van der Waals surface area contributed by atoms with Crippen molar-refractivity contribution in [3.8, 4) is 0 Å². The smallest absolute Gasteiger partial charge is 0.410 e. The van der Waals surface area contributed by atoms with Crippen molar-refractivity contribution < 1.29 is 17.9 Å². The van der Waals surface area contributed by atoms with E-state index in [1.807, 2.05) is 0 Å². The molecule has 1 saturated heterocycles. The van der Waals surface area contributed by atoms with Crippen LogP contribution < -0.4 is 10.0 Å². The molecule has 3 N–H and O–H groups in total. The third kappa shape index (κ3) is 3.90. The Labute approximate surface area is 180 Å². The summed E-state index contributed by atoms with van der Waals surface area (Å²) in [6.45, 7) is 5.74. The van der Waals surface area contributed by atoms with Gasteiger partial charge >= 0.3 is 6.09 Å². The highest BCUT2D eigenvalue weighted by atomic mass is 32.2. The standard InChI is InChI=1S/C21H25N5O4S/c1-21(2,3)30-20(27)25-12-14(13-25)26(31(28,29)15-7-5-4-6-8-15)18-16-9-10-23-19(16)24-11-17(18)22/h4-11,14H,12-13,22H2,1-3H3,(H,23,24). The van der Waals surface area contributed by atoms with Crippen molar-refractivity contribution in [3.63, 3.8) is 0 Å². The molecule has 9 nitrogen and oxygen atoms in total. The molecule has 0 aliphatic carbocycles. The van der Waals surface area contributed by atoms with Gasteiger partial charge in [-0.25, -0.2) is 18.2 Å². The van der Waals surface area contributed by atoms with E-state index in [4.69, 9.17) is 10.5 Å². The van der Waals surface area contributed by atoms with Crippen LogP contribution in [0.1, 0.15) is 20.8 Å². The van der Waals surface area contributed by atoms with Crippen LogP contribution in [0.5, 0.6) is 0 Å². The normalized spacial score (nSPS) is 15.0. The third-order valence-electron chi connectivity index (χ3n) is 4.95. The molecule has 1 aliphatic heterocycles. The number of nitrogens with two attached hydrogens (primary N) is 1. The van der Waals surface area contributed by atoms with Crippen LogP contribution in [0.25, 0.3) is 11.0 Å². The van der Waals surface area contributed by atoms with Crippen LogP contribution in [0.15, 0.2) is 53.7 Å². The number of H-pyrrole nitrogens is 1. The molecule has 31 heavy (non-hydrogen) atoms. The fourth-order valence-electron chi connectivity index (χ4n) is 3.54. The Kier molecular flexibility index (Phi) is 5.04. The van der Waals surface area contributed by atoms with Crippen molar-refractivity contribution in [1.29, 1.82) is 0 Å². The van der Waals surface area contributed by atoms with Gasteiger partial charge in [0, 0.05) is 24.7 Å². The van der Waals surface area contributed by atoms with Gasteiger partial charge in [0.05, 0.1) is 28.5 Å². The first-order chi connectivity index (χ1) is 14.6. The predicted octanol–water partition coefficient (Wildman–Crippen LogP) is 2.96. The molecule has 4 rings (SSSR count). The van der Waals surface area contributed by atoms with Gasteiger partial charge in [-0.05, 0) is 39.0 Å². The van der Waals surface area contributed by atoms with Gasteiger partial charge in [0.1, 0.15) is 11.2 Å². The molecule has 1 aromatic carbocycles. The number of carbonyl (C=O) groups excluding carboxylic acids is 1. The molecule has 164 valence electrons. The number of ether oxygens (including phenoxy) is 1. The molecule has 1 aliphatic rings. The molecule has 0 unspecified atom stereocenters. The maximum absolute atomic E-state index is 13.7. The number of nitrogen functional groups attached to an aromatic ring is 1. The second-order valence-electron chi connectivity index (χ2n) is 8.46. The highest BCUT2D eigenvalue weighted by molar-refractivity contribution is 7.93. The topological polar surface area (TPSA) is 122 Å². The summed E-state index contributed by atoms with van der Waals surface area (Å²) in [7, 11) is -3.96. The van der Waals surface area contributed by atoms with Crippen LogP contribution in [-0.2, 0) is 14.8 Å². The molecule has 3 heterocycles. The van der Waals surface area contributed by atoms with Gasteiger partial charge in [0.15, 0.2) is 0 Å². The Hall–Kier alpha value is -3.27. The first kappa shape index (κ1) is 21.0. The van der Waals surface area contributed by atoms with Crippen molar-refractivity contribution in [1.82, 2.24) is 14.9 Å². The lowest BCUT2D eigenvalue weighted by atomic mass is 10.1. The molecule has 0 saturated carbocycles. The van der Waals surface area contributed by atoms with E-state index in [0.717, 1.165) is 0 Å². The number of benzene rings is 1. The molecule has 0 radical (unpaired) electrons. The van der Waals surface area contributed by atoms with Crippen molar-refractivity contribution >= 4 is 38.5 Å². The summed E-state index contributed by atoms with van der Waals surface area (Å²) in [5.41, 5.74) is 6.71. The van der Waals surface area contributed by atoms with Gasteiger partial charge in [0.2, 0.25) is 0 Å². The number of fused-ring (bicyclic) bond motifs is 1. The second-order valence-corrected chi connectivity index (χ2v) is 10.3. The molecule has 3 aromatic rings. The summed E-state index contributed by atoms with van der Waals surface area (Å²) in [6, 6.07) is 9.41. The largest absolute Gasteiger partial charge is 0.444 e. The van der Waals surface area contributed by atoms with Gasteiger partial charge in [-0.15, -0.1) is 0 Å². The molecule has 2 aromatic heterocycles. The van der Waals surface area contributed by atoms with Crippen molar-refractivity contribution in [2.45, 2.75) is 37.3 Å². The van der Waals surface area contributed by atoms with Crippen LogP contribution in [0.3, 0.4) is 0 Å². The summed E-state index contributed by atoms with van der Waals surface area (Å²) in [6.07, 6.45) is 2.64. The Bertz CT molecular complexity index is 1210. The molecule has 10 heteroatoms. The highest BCUT2D eigenvalue weighted by Gasteiger charge is 2.43. The fraction of sp³-hybridized carbons (Fsp3) is 0.333. The van der Waals surface area contributed by atoms with Crippen LogP contribution in [0, 0.1) is 0 Å². The third-order valence-corrected chi connectivity index (χ3v) is 6.82. The minimum atomic E-state index is -3.96. The molecule has 0 atom stereocenters. The maximum Gasteiger partial charge on any atom is 0.410 e. The molecular formula is C21H25N5O4S. The minimum Gasteiger partial charge on any atom is -0.444 e. The van der Waals surface area contributed by atoms with Crippen molar-refractivity contribution in [2.75, 3.05) is 23.1 Å². The average Bonchev–Trinajstić information content (AvgIpc) is 3.13. The molecule has 0 spiro atoms. The lowest BCUT2D eigenvalue weighted by Crippen LogP contribution is -2.63. The number of sulfonamides is 1. The minimum absolute atomic E-state index is 0.144. The van der Waals surface area contributed by atoms with Gasteiger partial charge < -0.3 is 20.4 Å². The summed E-state index contributed by atoms with van der Waals surface area (Å²) >= 11 is 0. The number of carbonyl (C=O) groups is 1. The first-order valence-corrected chi connectivity index (χ1v) is 11.3. The van der Waals surface area contributed by atoms with Crippen LogP contribution in [0.2, 0.25) is 0 Å². The average molecular weight is 444 g/mol. The number of aromatic amines is 1. The number of pyridine rings is 1. The van der Waals surface area contributed by atoms with Gasteiger partial charge in [-0.1, -0.05) is 18.2 Å². The summed E-state index contributed by atoms with van der Waals surface area (Å²) in [5.74, 6) is 0. The number of nitrogens with zero attached hydrogens (tertiary/aromatic N) is 3. The number of hydrogen-bond donors (Lipinski definition) is 2. The van der Waals surface area contributed by atoms with Gasteiger partial charge in [-0.3, -0.25) is 4.31 Å². The lowest BCUT2D eigenvalue weighted by molar-refractivity contribution is 0.00929. The summed E-state index contributed by atoms with van der Waals surface area (Å²) in [4.78, 5) is 21.3. The Morgan fingerprint density at radius 1 is 1.23 bits per heavy atom. The summed E-state index contributed by atoms with van der Waals surface area (Å²) < 4.78 is 34.1. The lowest BCUT2D eigenvalue weighted by Gasteiger charge is -2.45. The predicted molar refractivity (Wildman–Crippen MR) is 118 cm³/mol. The monoisotopic (exact) mass is 443 g/mol. The molecular weight excluding hydrogens is 418 g/mol. The van der Waals surface area contributed by atoms with E-state index in [1.54, 1.807) is 63.4 Å². The molecule has 1 amide bonds. The van der Waals surface area contributed by atoms with E-state index >= 15 is 0 Å². The highest BCUT2D eigenvalue weighted by Crippen LogP contribution is 2.38. The van der Waals surface area contributed by atoms with E-state index in [9.17, 15) is 13.2 Å². The Balaban J connectivity index is 1.75. The molecule has 1 fully saturated rings. The number of amides is 1. The fourth-order valence-corrected chi connectivity index (χ4v) is 5.24. The van der Waals surface area contributed by atoms with E-state index in [1.165, 1.54) is 15.4 Å². The Morgan fingerprint density at radius 3 is 2.55 bits per heavy atom. The molecule has 0 bridgehead atoms. The first-order valence-electron chi connectivity index (χ1n) is 9.87. The number of hydrogen-bond acceptors (Lipinski definition) is 6. The van der Waals surface area contributed by atoms with Crippen molar-refractivity contribution in [3.05, 3.63) is 48.8 Å². The van der Waals surface area contributed by atoms with E-state index in [2.05, 4.69) is 9.97 Å². The quantitative estimate of drug-likeness (QED) is 0.639. The van der Waals surface area contributed by atoms with Crippen LogP contribution >= 0.6 is 0 Å². The SMILES string of the molecule is CC(C)(C)OC(=O)N1CC(N(c2c(N)cnc3[nH]ccc23)S(=O)(=O)c2ccccc2)C1. The number of aromatic nitrogens is 2. The van der Waals surface area contributed by atoms with E-state index in [0.29, 0.717) is 16.7 Å². The van der Waals surface area contributed by atoms with E-state index in [-0.39, 0.29) is 23.7 Å².